The summed E-state index contributed by atoms with van der Waals surface area (Å²) in [5.74, 6) is 1.05. The molecular formula is C30H36ClN3O5. The van der Waals surface area contributed by atoms with E-state index in [9.17, 15) is 9.59 Å². The number of hydrogen-bond donors (Lipinski definition) is 0. The normalized spacial score (nSPS) is 12.1. The first-order chi connectivity index (χ1) is 18.9. The van der Waals surface area contributed by atoms with Crippen molar-refractivity contribution in [1.82, 2.24) is 14.4 Å². The van der Waals surface area contributed by atoms with E-state index >= 15 is 0 Å². The lowest BCUT2D eigenvalue weighted by molar-refractivity contribution is -0.133. The third kappa shape index (κ3) is 7.55. The number of ether oxygens (including phenoxy) is 3. The number of hydrogen-bond acceptors (Lipinski definition) is 5. The third-order valence-corrected chi connectivity index (χ3v) is 6.89. The molecule has 0 aliphatic carbocycles. The summed E-state index contributed by atoms with van der Waals surface area (Å²) < 4.78 is 18.1. The van der Waals surface area contributed by atoms with Crippen molar-refractivity contribution < 1.29 is 23.8 Å². The molecule has 2 heterocycles. The van der Waals surface area contributed by atoms with Crippen molar-refractivity contribution >= 4 is 23.4 Å². The van der Waals surface area contributed by atoms with Crippen LogP contribution < -0.4 is 9.47 Å². The fraction of sp³-hybridized carbons (Fsp3) is 0.400. The molecule has 0 N–H and O–H groups in total. The van der Waals surface area contributed by atoms with E-state index in [2.05, 4.69) is 18.4 Å². The molecule has 39 heavy (non-hydrogen) atoms. The Kier molecular flexibility index (Phi) is 9.90. The Balaban J connectivity index is 1.51. The minimum atomic E-state index is -0.232. The van der Waals surface area contributed by atoms with E-state index in [-0.39, 0.29) is 31.1 Å². The zero-order valence-corrected chi connectivity index (χ0v) is 23.5. The number of aromatic nitrogens is 1. The molecule has 0 bridgehead atoms. The van der Waals surface area contributed by atoms with Crippen LogP contribution in [0.5, 0.6) is 11.5 Å². The van der Waals surface area contributed by atoms with Gasteiger partial charge in [-0.05, 0) is 54.3 Å². The molecule has 8 nitrogen and oxygen atoms in total. The van der Waals surface area contributed by atoms with Gasteiger partial charge in [0.15, 0.2) is 11.5 Å². The summed E-state index contributed by atoms with van der Waals surface area (Å²) in [4.78, 5) is 30.7. The first kappa shape index (κ1) is 28.5. The van der Waals surface area contributed by atoms with Crippen LogP contribution in [-0.2, 0) is 22.6 Å². The molecular weight excluding hydrogens is 518 g/mol. The number of carbonyl (C=O) groups is 2. The molecule has 2 aromatic carbocycles. The topological polar surface area (TPSA) is 73.2 Å². The lowest BCUT2D eigenvalue weighted by Crippen LogP contribution is -2.44. The quantitative estimate of drug-likeness (QED) is 0.276. The standard InChI is InChI=1S/C30H36ClN3O5/c1-22(2)17-34(19-25-9-6-13-32(25)18-24-8-4-5-10-26(24)31)29(35)20-33(14-7-15-37-3)30(36)23-11-12-27-28(16-23)39-21-38-27/h4-6,8-13,16,22H,7,14-15,17-21H2,1-3H3. The van der Waals surface area contributed by atoms with Gasteiger partial charge in [0.1, 0.15) is 6.54 Å². The van der Waals surface area contributed by atoms with Gasteiger partial charge in [0.05, 0.1) is 6.54 Å². The molecule has 0 saturated carbocycles. The number of halogens is 1. The van der Waals surface area contributed by atoms with E-state index in [0.717, 1.165) is 11.3 Å². The smallest absolute Gasteiger partial charge is 0.254 e. The second-order valence-corrected chi connectivity index (χ2v) is 10.4. The number of carbonyl (C=O) groups excluding carboxylic acids is 2. The lowest BCUT2D eigenvalue weighted by atomic mass is 10.1. The average molecular weight is 554 g/mol. The van der Waals surface area contributed by atoms with Crippen LogP contribution in [0.3, 0.4) is 0 Å². The van der Waals surface area contributed by atoms with Gasteiger partial charge in [-0.1, -0.05) is 43.6 Å². The fourth-order valence-electron chi connectivity index (χ4n) is 4.58. The van der Waals surface area contributed by atoms with Gasteiger partial charge in [0.25, 0.3) is 5.91 Å². The van der Waals surface area contributed by atoms with E-state index < -0.39 is 0 Å². The maximum absolute atomic E-state index is 13.7. The molecule has 208 valence electrons. The van der Waals surface area contributed by atoms with Crippen molar-refractivity contribution in [2.45, 2.75) is 33.4 Å². The predicted molar refractivity (Wildman–Crippen MR) is 150 cm³/mol. The van der Waals surface area contributed by atoms with Gasteiger partial charge in [-0.25, -0.2) is 0 Å². The highest BCUT2D eigenvalue weighted by atomic mass is 35.5. The van der Waals surface area contributed by atoms with Gasteiger partial charge in [-0.15, -0.1) is 0 Å². The molecule has 4 rings (SSSR count). The van der Waals surface area contributed by atoms with Crippen LogP contribution >= 0.6 is 11.6 Å². The van der Waals surface area contributed by atoms with Gasteiger partial charge in [0, 0.05) is 55.8 Å². The van der Waals surface area contributed by atoms with Gasteiger partial charge < -0.3 is 28.6 Å². The van der Waals surface area contributed by atoms with Crippen LogP contribution in [0.4, 0.5) is 0 Å². The zero-order chi connectivity index (χ0) is 27.8. The van der Waals surface area contributed by atoms with Crippen LogP contribution in [0.15, 0.2) is 60.8 Å². The van der Waals surface area contributed by atoms with Crippen molar-refractivity contribution in [1.29, 1.82) is 0 Å². The van der Waals surface area contributed by atoms with E-state index in [1.54, 1.807) is 30.2 Å². The predicted octanol–water partition coefficient (Wildman–Crippen LogP) is 5.08. The third-order valence-electron chi connectivity index (χ3n) is 6.52. The second kappa shape index (κ2) is 13.5. The highest BCUT2D eigenvalue weighted by Crippen LogP contribution is 2.33. The van der Waals surface area contributed by atoms with Crippen molar-refractivity contribution in [3.8, 4) is 11.5 Å². The van der Waals surface area contributed by atoms with E-state index in [0.29, 0.717) is 61.3 Å². The van der Waals surface area contributed by atoms with Crippen LogP contribution in [0.1, 0.15) is 41.9 Å². The van der Waals surface area contributed by atoms with Gasteiger partial charge in [0.2, 0.25) is 12.7 Å². The lowest BCUT2D eigenvalue weighted by Gasteiger charge is -2.29. The summed E-state index contributed by atoms with van der Waals surface area (Å²) >= 11 is 6.40. The number of amides is 2. The van der Waals surface area contributed by atoms with Crippen LogP contribution in [-0.4, -0.2) is 66.3 Å². The molecule has 0 atom stereocenters. The van der Waals surface area contributed by atoms with Crippen LogP contribution in [0.25, 0.3) is 0 Å². The van der Waals surface area contributed by atoms with E-state index in [4.69, 9.17) is 25.8 Å². The monoisotopic (exact) mass is 553 g/mol. The average Bonchev–Trinajstić information content (AvgIpc) is 3.57. The molecule has 2 amide bonds. The summed E-state index contributed by atoms with van der Waals surface area (Å²) in [6, 6.07) is 16.9. The summed E-state index contributed by atoms with van der Waals surface area (Å²) in [5, 5.41) is 0.709. The second-order valence-electron chi connectivity index (χ2n) is 10.0. The van der Waals surface area contributed by atoms with E-state index in [1.807, 2.05) is 47.5 Å². The van der Waals surface area contributed by atoms with Gasteiger partial charge in [-0.3, -0.25) is 9.59 Å². The summed E-state index contributed by atoms with van der Waals surface area (Å²) in [6.07, 6.45) is 2.61. The highest BCUT2D eigenvalue weighted by molar-refractivity contribution is 6.31. The largest absolute Gasteiger partial charge is 0.454 e. The summed E-state index contributed by atoms with van der Waals surface area (Å²) in [5.41, 5.74) is 2.46. The Bertz CT molecular complexity index is 1270. The molecule has 0 radical (unpaired) electrons. The molecule has 0 spiro atoms. The van der Waals surface area contributed by atoms with Gasteiger partial charge >= 0.3 is 0 Å². The molecule has 1 aromatic heterocycles. The molecule has 3 aromatic rings. The summed E-state index contributed by atoms with van der Waals surface area (Å²) in [7, 11) is 1.62. The van der Waals surface area contributed by atoms with Crippen LogP contribution in [0.2, 0.25) is 5.02 Å². The maximum Gasteiger partial charge on any atom is 0.254 e. The first-order valence-electron chi connectivity index (χ1n) is 13.2. The number of nitrogens with zero attached hydrogens (tertiary/aromatic N) is 3. The number of rotatable bonds is 13. The number of fused-ring (bicyclic) bond motifs is 1. The zero-order valence-electron chi connectivity index (χ0n) is 22.8. The van der Waals surface area contributed by atoms with Crippen molar-refractivity contribution in [2.24, 2.45) is 5.92 Å². The number of methoxy groups -OCH3 is 1. The van der Waals surface area contributed by atoms with Gasteiger partial charge in [-0.2, -0.15) is 0 Å². The minimum Gasteiger partial charge on any atom is -0.454 e. The van der Waals surface area contributed by atoms with Crippen molar-refractivity contribution in [2.75, 3.05) is 40.1 Å². The molecule has 0 saturated heterocycles. The van der Waals surface area contributed by atoms with E-state index in [1.165, 1.54) is 0 Å². The Morgan fingerprint density at radius 2 is 1.85 bits per heavy atom. The Morgan fingerprint density at radius 3 is 2.62 bits per heavy atom. The fourth-order valence-corrected chi connectivity index (χ4v) is 4.77. The Hall–Kier alpha value is -3.49. The maximum atomic E-state index is 13.7. The molecule has 1 aliphatic rings. The number of benzene rings is 2. The van der Waals surface area contributed by atoms with Crippen molar-refractivity contribution in [3.05, 3.63) is 82.6 Å². The van der Waals surface area contributed by atoms with Crippen LogP contribution in [0, 0.1) is 5.92 Å². The molecule has 0 unspecified atom stereocenters. The van der Waals surface area contributed by atoms with Crippen molar-refractivity contribution in [3.63, 3.8) is 0 Å². The minimum absolute atomic E-state index is 0.0328. The molecule has 0 fully saturated rings. The Morgan fingerprint density at radius 1 is 1.05 bits per heavy atom. The molecule has 9 heteroatoms. The highest BCUT2D eigenvalue weighted by Gasteiger charge is 2.25. The first-order valence-corrected chi connectivity index (χ1v) is 13.6. The Labute approximate surface area is 235 Å². The molecule has 1 aliphatic heterocycles. The summed E-state index contributed by atoms with van der Waals surface area (Å²) in [6.45, 7) is 6.75. The SMILES string of the molecule is COCCCN(CC(=O)N(Cc1cccn1Cc1ccccc1Cl)CC(C)C)C(=O)c1ccc2c(c1)OCO2.